The summed E-state index contributed by atoms with van der Waals surface area (Å²) in [7, 11) is 0. The Labute approximate surface area is 81.5 Å². The SMILES string of the molecule is O=C1CCOc2cccc(Cl)c2C1. The van der Waals surface area contributed by atoms with E-state index in [1.807, 2.05) is 12.1 Å². The second kappa shape index (κ2) is 3.38. The number of carbonyl (C=O) groups is 1. The molecule has 0 saturated heterocycles. The smallest absolute Gasteiger partial charge is 0.140 e. The Morgan fingerprint density at radius 3 is 3.08 bits per heavy atom. The van der Waals surface area contributed by atoms with E-state index in [4.69, 9.17) is 16.3 Å². The molecule has 0 atom stereocenters. The van der Waals surface area contributed by atoms with Crippen molar-refractivity contribution in [3.05, 3.63) is 28.8 Å². The van der Waals surface area contributed by atoms with Crippen LogP contribution in [-0.2, 0) is 11.2 Å². The largest absolute Gasteiger partial charge is 0.493 e. The molecular weight excluding hydrogens is 188 g/mol. The van der Waals surface area contributed by atoms with Gasteiger partial charge in [0.2, 0.25) is 0 Å². The van der Waals surface area contributed by atoms with Crippen molar-refractivity contribution in [1.29, 1.82) is 0 Å². The number of hydrogen-bond acceptors (Lipinski definition) is 2. The van der Waals surface area contributed by atoms with Gasteiger partial charge in [-0.3, -0.25) is 4.79 Å². The second-order valence-corrected chi connectivity index (χ2v) is 3.44. The molecule has 0 saturated carbocycles. The van der Waals surface area contributed by atoms with Crippen LogP contribution in [0.1, 0.15) is 12.0 Å². The summed E-state index contributed by atoms with van der Waals surface area (Å²) in [4.78, 5) is 11.3. The maximum Gasteiger partial charge on any atom is 0.140 e. The second-order valence-electron chi connectivity index (χ2n) is 3.03. The van der Waals surface area contributed by atoms with Crippen LogP contribution in [0, 0.1) is 0 Å². The molecular formula is C10H9ClO2. The summed E-state index contributed by atoms with van der Waals surface area (Å²) in [6.07, 6.45) is 0.875. The van der Waals surface area contributed by atoms with E-state index in [1.165, 1.54) is 0 Å². The summed E-state index contributed by atoms with van der Waals surface area (Å²) in [6.45, 7) is 0.464. The first-order valence-electron chi connectivity index (χ1n) is 4.19. The molecule has 0 fully saturated rings. The molecule has 2 nitrogen and oxygen atoms in total. The van der Waals surface area contributed by atoms with Crippen LogP contribution >= 0.6 is 11.6 Å². The van der Waals surface area contributed by atoms with E-state index in [9.17, 15) is 4.79 Å². The highest BCUT2D eigenvalue weighted by Gasteiger charge is 2.16. The standard InChI is InChI=1S/C10H9ClO2/c11-9-2-1-3-10-8(9)6-7(12)4-5-13-10/h1-3H,4-6H2. The lowest BCUT2D eigenvalue weighted by Crippen LogP contribution is -2.02. The van der Waals surface area contributed by atoms with Crippen LogP contribution in [0.4, 0.5) is 0 Å². The molecule has 0 unspecified atom stereocenters. The Balaban J connectivity index is 2.46. The molecule has 0 aromatic heterocycles. The Kier molecular flexibility index (Phi) is 2.23. The summed E-state index contributed by atoms with van der Waals surface area (Å²) >= 11 is 5.95. The van der Waals surface area contributed by atoms with Gasteiger partial charge >= 0.3 is 0 Å². The molecule has 1 heterocycles. The summed E-state index contributed by atoms with van der Waals surface area (Å²) in [5.74, 6) is 0.935. The van der Waals surface area contributed by atoms with Crippen LogP contribution in [0.25, 0.3) is 0 Å². The van der Waals surface area contributed by atoms with Gasteiger partial charge in [0.15, 0.2) is 0 Å². The highest BCUT2D eigenvalue weighted by atomic mass is 35.5. The Morgan fingerprint density at radius 2 is 2.23 bits per heavy atom. The molecule has 0 N–H and O–H groups in total. The van der Waals surface area contributed by atoms with Gasteiger partial charge in [-0.2, -0.15) is 0 Å². The number of carbonyl (C=O) groups excluding carboxylic acids is 1. The number of benzene rings is 1. The van der Waals surface area contributed by atoms with Crippen molar-refractivity contribution in [2.45, 2.75) is 12.8 Å². The van der Waals surface area contributed by atoms with E-state index in [0.717, 1.165) is 11.3 Å². The van der Waals surface area contributed by atoms with Crippen molar-refractivity contribution in [3.63, 3.8) is 0 Å². The monoisotopic (exact) mass is 196 g/mol. The summed E-state index contributed by atoms with van der Waals surface area (Å²) in [5, 5.41) is 0.618. The van der Waals surface area contributed by atoms with E-state index < -0.39 is 0 Å². The first kappa shape index (κ1) is 8.57. The van der Waals surface area contributed by atoms with Gasteiger partial charge in [-0.25, -0.2) is 0 Å². The zero-order valence-electron chi connectivity index (χ0n) is 7.05. The minimum Gasteiger partial charge on any atom is -0.493 e. The van der Waals surface area contributed by atoms with Crippen LogP contribution in [0.2, 0.25) is 5.02 Å². The molecule has 0 amide bonds. The van der Waals surface area contributed by atoms with E-state index in [2.05, 4.69) is 0 Å². The molecule has 1 aliphatic rings. The van der Waals surface area contributed by atoms with E-state index in [1.54, 1.807) is 6.07 Å². The van der Waals surface area contributed by atoms with Gasteiger partial charge in [0.1, 0.15) is 11.5 Å². The van der Waals surface area contributed by atoms with Crippen molar-refractivity contribution in [2.24, 2.45) is 0 Å². The van der Waals surface area contributed by atoms with Crippen LogP contribution in [0.15, 0.2) is 18.2 Å². The minimum atomic E-state index is 0.187. The normalized spacial score (nSPS) is 15.9. The van der Waals surface area contributed by atoms with E-state index >= 15 is 0 Å². The van der Waals surface area contributed by atoms with E-state index in [-0.39, 0.29) is 5.78 Å². The predicted molar refractivity (Wildman–Crippen MR) is 50.3 cm³/mol. The molecule has 68 valence electrons. The lowest BCUT2D eigenvalue weighted by molar-refractivity contribution is -0.118. The number of ether oxygens (including phenoxy) is 1. The lowest BCUT2D eigenvalue weighted by Gasteiger charge is -2.06. The van der Waals surface area contributed by atoms with Gasteiger partial charge < -0.3 is 4.74 Å². The topological polar surface area (TPSA) is 26.3 Å². The molecule has 0 radical (unpaired) electrons. The predicted octanol–water partition coefficient (Wildman–Crippen LogP) is 2.23. The van der Waals surface area contributed by atoms with Gasteiger partial charge in [-0.05, 0) is 12.1 Å². The Hall–Kier alpha value is -1.02. The number of halogens is 1. The number of ketones is 1. The maximum atomic E-state index is 11.3. The Bertz CT molecular complexity index is 347. The Morgan fingerprint density at radius 1 is 1.38 bits per heavy atom. The van der Waals surface area contributed by atoms with Crippen LogP contribution in [-0.4, -0.2) is 12.4 Å². The first-order valence-corrected chi connectivity index (χ1v) is 4.57. The molecule has 1 aromatic carbocycles. The quantitative estimate of drug-likeness (QED) is 0.636. The van der Waals surface area contributed by atoms with Gasteiger partial charge in [0.05, 0.1) is 6.61 Å². The minimum absolute atomic E-state index is 0.187. The molecule has 1 aliphatic heterocycles. The highest BCUT2D eigenvalue weighted by molar-refractivity contribution is 6.31. The number of fused-ring (bicyclic) bond motifs is 1. The van der Waals surface area contributed by atoms with Crippen LogP contribution in [0.3, 0.4) is 0 Å². The number of Topliss-reactive ketones (excluding diaryl/α,β-unsaturated/α-hetero) is 1. The number of hydrogen-bond donors (Lipinski definition) is 0. The maximum absolute atomic E-state index is 11.3. The fraction of sp³-hybridized carbons (Fsp3) is 0.300. The zero-order valence-corrected chi connectivity index (χ0v) is 7.80. The zero-order chi connectivity index (χ0) is 9.26. The summed E-state index contributed by atoms with van der Waals surface area (Å²) in [6, 6.07) is 5.46. The van der Waals surface area contributed by atoms with Crippen molar-refractivity contribution in [3.8, 4) is 5.75 Å². The third kappa shape index (κ3) is 1.68. The average Bonchev–Trinajstić information content (AvgIpc) is 2.28. The molecule has 3 heteroatoms. The highest BCUT2D eigenvalue weighted by Crippen LogP contribution is 2.29. The molecule has 0 spiro atoms. The fourth-order valence-electron chi connectivity index (χ4n) is 1.41. The van der Waals surface area contributed by atoms with Crippen molar-refractivity contribution in [1.82, 2.24) is 0 Å². The van der Waals surface area contributed by atoms with E-state index in [0.29, 0.717) is 24.5 Å². The average molecular weight is 197 g/mol. The van der Waals surface area contributed by atoms with Crippen molar-refractivity contribution < 1.29 is 9.53 Å². The summed E-state index contributed by atoms with van der Waals surface area (Å²) < 4.78 is 5.39. The third-order valence-corrected chi connectivity index (χ3v) is 2.44. The lowest BCUT2D eigenvalue weighted by atomic mass is 10.1. The van der Waals surface area contributed by atoms with Crippen LogP contribution < -0.4 is 4.74 Å². The molecule has 0 bridgehead atoms. The summed E-state index contributed by atoms with van der Waals surface area (Å²) in [5.41, 5.74) is 0.826. The van der Waals surface area contributed by atoms with Gasteiger partial charge in [0.25, 0.3) is 0 Å². The molecule has 2 rings (SSSR count). The molecule has 0 aliphatic carbocycles. The first-order chi connectivity index (χ1) is 6.27. The van der Waals surface area contributed by atoms with Crippen LogP contribution in [0.5, 0.6) is 5.75 Å². The molecule has 13 heavy (non-hydrogen) atoms. The van der Waals surface area contributed by atoms with Crippen molar-refractivity contribution >= 4 is 17.4 Å². The fourth-order valence-corrected chi connectivity index (χ4v) is 1.64. The van der Waals surface area contributed by atoms with Crippen molar-refractivity contribution in [2.75, 3.05) is 6.61 Å². The van der Waals surface area contributed by atoms with Gasteiger partial charge in [-0.15, -0.1) is 0 Å². The molecule has 1 aromatic rings. The van der Waals surface area contributed by atoms with Gasteiger partial charge in [-0.1, -0.05) is 17.7 Å². The number of rotatable bonds is 0. The van der Waals surface area contributed by atoms with Gasteiger partial charge in [0, 0.05) is 23.4 Å². The third-order valence-electron chi connectivity index (χ3n) is 2.09.